The summed E-state index contributed by atoms with van der Waals surface area (Å²) in [5.41, 5.74) is 0.901. The number of aromatic hydroxyl groups is 1. The van der Waals surface area contributed by atoms with E-state index in [4.69, 9.17) is 0 Å². The van der Waals surface area contributed by atoms with E-state index in [1.807, 2.05) is 12.1 Å². The lowest BCUT2D eigenvalue weighted by Gasteiger charge is -2.09. The summed E-state index contributed by atoms with van der Waals surface area (Å²) >= 11 is 2.07. The molecular weight excluding hydrogens is 461 g/mol. The third-order valence-corrected chi connectivity index (χ3v) is 4.54. The second kappa shape index (κ2) is 10.5. The van der Waals surface area contributed by atoms with Crippen molar-refractivity contribution >= 4 is 40.3 Å². The zero-order chi connectivity index (χ0) is 19.6. The Labute approximate surface area is 170 Å². The predicted molar refractivity (Wildman–Crippen MR) is 110 cm³/mol. The molecule has 8 heteroatoms. The van der Waals surface area contributed by atoms with Crippen molar-refractivity contribution in [2.24, 2.45) is 0 Å². The van der Waals surface area contributed by atoms with Crippen LogP contribution in [0.25, 0.3) is 0 Å². The Morgan fingerprint density at radius 2 is 1.63 bits per heavy atom. The Balaban J connectivity index is 1.61. The quantitative estimate of drug-likeness (QED) is 0.340. The van der Waals surface area contributed by atoms with Gasteiger partial charge in [0.1, 0.15) is 5.75 Å². The lowest BCUT2D eigenvalue weighted by molar-refractivity contribution is -0.120. The first-order chi connectivity index (χ1) is 13.0. The van der Waals surface area contributed by atoms with E-state index in [1.165, 1.54) is 12.1 Å². The van der Waals surface area contributed by atoms with E-state index >= 15 is 0 Å². The van der Waals surface area contributed by atoms with Crippen molar-refractivity contribution in [3.63, 3.8) is 0 Å². The van der Waals surface area contributed by atoms with E-state index in [0.29, 0.717) is 30.6 Å². The molecule has 0 atom stereocenters. The lowest BCUT2D eigenvalue weighted by atomic mass is 10.2. The monoisotopic (exact) mass is 481 g/mol. The van der Waals surface area contributed by atoms with E-state index < -0.39 is 0 Å². The summed E-state index contributed by atoms with van der Waals surface area (Å²) in [4.78, 5) is 35.7. The number of rotatable bonds is 8. The molecule has 4 N–H and O–H groups in total. The first-order valence-electron chi connectivity index (χ1n) is 8.34. The molecule has 2 rings (SSSR count). The molecular formula is C19H20IN3O4. The maximum Gasteiger partial charge on any atom is 0.252 e. The largest absolute Gasteiger partial charge is 0.508 e. The third-order valence-electron chi connectivity index (χ3n) is 3.60. The van der Waals surface area contributed by atoms with Crippen LogP contribution in [0.2, 0.25) is 0 Å². The predicted octanol–water partition coefficient (Wildman–Crippen LogP) is 1.66. The smallest absolute Gasteiger partial charge is 0.252 e. The Morgan fingerprint density at radius 1 is 0.889 bits per heavy atom. The second-order valence-electron chi connectivity index (χ2n) is 5.67. The van der Waals surface area contributed by atoms with Crippen LogP contribution >= 0.6 is 22.6 Å². The van der Waals surface area contributed by atoms with E-state index in [-0.39, 0.29) is 30.0 Å². The molecule has 0 aliphatic carbocycles. The molecule has 2 aromatic carbocycles. The van der Waals surface area contributed by atoms with Crippen molar-refractivity contribution in [2.45, 2.75) is 6.42 Å². The van der Waals surface area contributed by atoms with E-state index in [0.717, 1.165) is 3.57 Å². The average molecular weight is 481 g/mol. The summed E-state index contributed by atoms with van der Waals surface area (Å²) in [6.07, 6.45) is 0.542. The molecule has 0 saturated carbocycles. The van der Waals surface area contributed by atoms with Gasteiger partial charge >= 0.3 is 0 Å². The van der Waals surface area contributed by atoms with Gasteiger partial charge in [0.15, 0.2) is 0 Å². The van der Waals surface area contributed by atoms with Crippen LogP contribution in [0.3, 0.4) is 0 Å². The fourth-order valence-electron chi connectivity index (χ4n) is 2.23. The fraction of sp³-hybridized carbons (Fsp3) is 0.211. The highest BCUT2D eigenvalue weighted by molar-refractivity contribution is 14.1. The Kier molecular flexibility index (Phi) is 8.05. The van der Waals surface area contributed by atoms with Gasteiger partial charge in [-0.25, -0.2) is 0 Å². The van der Waals surface area contributed by atoms with E-state index in [1.54, 1.807) is 24.3 Å². The molecule has 0 unspecified atom stereocenters. The summed E-state index contributed by atoms with van der Waals surface area (Å²) in [5.74, 6) is -0.855. The van der Waals surface area contributed by atoms with Crippen molar-refractivity contribution in [3.8, 4) is 5.75 Å². The van der Waals surface area contributed by atoms with Gasteiger partial charge in [-0.15, -0.1) is 0 Å². The van der Waals surface area contributed by atoms with Crippen molar-refractivity contribution in [1.29, 1.82) is 0 Å². The first kappa shape index (κ1) is 20.7. The number of hydrogen-bond donors (Lipinski definition) is 4. The van der Waals surface area contributed by atoms with Crippen LogP contribution in [-0.4, -0.2) is 42.5 Å². The Hall–Kier alpha value is -2.62. The van der Waals surface area contributed by atoms with Crippen LogP contribution in [0.1, 0.15) is 27.1 Å². The number of amides is 3. The van der Waals surface area contributed by atoms with Crippen LogP contribution in [0.5, 0.6) is 5.75 Å². The highest BCUT2D eigenvalue weighted by Crippen LogP contribution is 2.11. The molecule has 0 heterocycles. The van der Waals surface area contributed by atoms with Crippen molar-refractivity contribution in [3.05, 3.63) is 63.2 Å². The standard InChI is InChI=1S/C19H20IN3O4/c20-16-8-2-1-7-15(16)19(27)23-12-17(25)21-9-4-10-22-18(26)13-5-3-6-14(24)11-13/h1-3,5-8,11,24H,4,9-10,12H2,(H,21,25)(H,22,26)(H,23,27). The van der Waals surface area contributed by atoms with Gasteiger partial charge in [0.25, 0.3) is 11.8 Å². The molecule has 0 aromatic heterocycles. The molecule has 0 bridgehead atoms. The molecule has 0 fully saturated rings. The van der Waals surface area contributed by atoms with Gasteiger partial charge < -0.3 is 21.1 Å². The summed E-state index contributed by atoms with van der Waals surface area (Å²) in [6, 6.07) is 13.2. The first-order valence-corrected chi connectivity index (χ1v) is 9.42. The van der Waals surface area contributed by atoms with Gasteiger partial charge in [0.2, 0.25) is 5.91 Å². The Morgan fingerprint density at radius 3 is 2.37 bits per heavy atom. The molecule has 0 radical (unpaired) electrons. The maximum atomic E-state index is 12.0. The highest BCUT2D eigenvalue weighted by Gasteiger charge is 2.10. The number of carbonyl (C=O) groups excluding carboxylic acids is 3. The zero-order valence-corrected chi connectivity index (χ0v) is 16.7. The van der Waals surface area contributed by atoms with Gasteiger partial charge in [0, 0.05) is 22.2 Å². The number of phenols is 1. The highest BCUT2D eigenvalue weighted by atomic mass is 127. The molecule has 0 aliphatic heterocycles. The molecule has 0 saturated heterocycles. The number of phenolic OH excluding ortho intramolecular Hbond substituents is 1. The van der Waals surface area contributed by atoms with E-state index in [9.17, 15) is 19.5 Å². The topological polar surface area (TPSA) is 108 Å². The maximum absolute atomic E-state index is 12.0. The average Bonchev–Trinajstić information content (AvgIpc) is 2.66. The number of nitrogens with one attached hydrogen (secondary N) is 3. The van der Waals surface area contributed by atoms with E-state index in [2.05, 4.69) is 38.5 Å². The van der Waals surface area contributed by atoms with Gasteiger partial charge in [-0.1, -0.05) is 18.2 Å². The lowest BCUT2D eigenvalue weighted by Crippen LogP contribution is -2.38. The van der Waals surface area contributed by atoms with Crippen LogP contribution in [0, 0.1) is 3.57 Å². The van der Waals surface area contributed by atoms with Gasteiger partial charge in [-0.2, -0.15) is 0 Å². The number of hydrogen-bond acceptors (Lipinski definition) is 4. The minimum atomic E-state index is -0.298. The van der Waals surface area contributed by atoms with Gasteiger partial charge in [-0.05, 0) is 59.3 Å². The number of benzene rings is 2. The van der Waals surface area contributed by atoms with Crippen LogP contribution in [0.15, 0.2) is 48.5 Å². The minimum absolute atomic E-state index is 0.0298. The summed E-state index contributed by atoms with van der Waals surface area (Å²) in [7, 11) is 0. The second-order valence-corrected chi connectivity index (χ2v) is 6.83. The summed E-state index contributed by atoms with van der Waals surface area (Å²) in [6.45, 7) is 0.640. The normalized spacial score (nSPS) is 10.1. The third kappa shape index (κ3) is 6.89. The molecule has 0 aliphatic rings. The molecule has 0 spiro atoms. The van der Waals surface area contributed by atoms with Crippen molar-refractivity contribution in [1.82, 2.24) is 16.0 Å². The summed E-state index contributed by atoms with van der Waals surface area (Å²) in [5, 5.41) is 17.3. The zero-order valence-electron chi connectivity index (χ0n) is 14.5. The van der Waals surface area contributed by atoms with Crippen molar-refractivity contribution in [2.75, 3.05) is 19.6 Å². The van der Waals surface area contributed by atoms with Crippen LogP contribution < -0.4 is 16.0 Å². The number of carbonyl (C=O) groups is 3. The van der Waals surface area contributed by atoms with Gasteiger partial charge in [0.05, 0.1) is 12.1 Å². The molecule has 2 aromatic rings. The van der Waals surface area contributed by atoms with Crippen LogP contribution in [0.4, 0.5) is 0 Å². The molecule has 27 heavy (non-hydrogen) atoms. The minimum Gasteiger partial charge on any atom is -0.508 e. The molecule has 142 valence electrons. The summed E-state index contributed by atoms with van der Waals surface area (Å²) < 4.78 is 0.815. The van der Waals surface area contributed by atoms with Crippen LogP contribution in [-0.2, 0) is 4.79 Å². The SMILES string of the molecule is O=C(CNC(=O)c1ccccc1I)NCCCNC(=O)c1cccc(O)c1. The fourth-order valence-corrected chi connectivity index (χ4v) is 2.86. The Bertz CT molecular complexity index is 826. The van der Waals surface area contributed by atoms with Crippen molar-refractivity contribution < 1.29 is 19.5 Å². The number of halogens is 1. The van der Waals surface area contributed by atoms with Gasteiger partial charge in [-0.3, -0.25) is 14.4 Å². The molecule has 7 nitrogen and oxygen atoms in total. The molecule has 3 amide bonds.